The van der Waals surface area contributed by atoms with Gasteiger partial charge < -0.3 is 15.0 Å². The Bertz CT molecular complexity index is 1050. The maximum atomic E-state index is 13.4. The van der Waals surface area contributed by atoms with Gasteiger partial charge in [0.1, 0.15) is 23.3 Å². The zero-order chi connectivity index (χ0) is 20.0. The summed E-state index contributed by atoms with van der Waals surface area (Å²) in [6.45, 7) is 0.757. The molecule has 1 unspecified atom stereocenters. The van der Waals surface area contributed by atoms with Gasteiger partial charge in [0, 0.05) is 16.6 Å². The molecule has 0 spiro atoms. The lowest BCUT2D eigenvalue weighted by Gasteiger charge is -2.32. The van der Waals surface area contributed by atoms with Gasteiger partial charge in [-0.1, -0.05) is 11.6 Å². The van der Waals surface area contributed by atoms with E-state index in [9.17, 15) is 9.18 Å². The third kappa shape index (κ3) is 3.73. The lowest BCUT2D eigenvalue weighted by atomic mass is 10.0. The van der Waals surface area contributed by atoms with E-state index in [0.29, 0.717) is 18.8 Å². The Morgan fingerprint density at radius 2 is 2.28 bits per heavy atom. The second-order valence-electron chi connectivity index (χ2n) is 7.10. The van der Waals surface area contributed by atoms with Crippen molar-refractivity contribution in [3.8, 4) is 11.4 Å². The molecule has 0 saturated heterocycles. The molecule has 2 amide bonds. The van der Waals surface area contributed by atoms with E-state index < -0.39 is 5.82 Å². The molecule has 10 heteroatoms. The number of amides is 2. The van der Waals surface area contributed by atoms with Gasteiger partial charge in [-0.3, -0.25) is 5.10 Å². The number of H-pyrrole nitrogens is 1. The molecule has 2 aliphatic rings. The van der Waals surface area contributed by atoms with Crippen molar-refractivity contribution in [2.45, 2.75) is 31.6 Å². The van der Waals surface area contributed by atoms with Gasteiger partial charge >= 0.3 is 6.03 Å². The number of carbonyl (C=O) groups is 1. The van der Waals surface area contributed by atoms with Crippen molar-refractivity contribution in [1.29, 1.82) is 0 Å². The first-order valence-electron chi connectivity index (χ1n) is 9.20. The summed E-state index contributed by atoms with van der Waals surface area (Å²) in [6.07, 6.45) is 1.99. The van der Waals surface area contributed by atoms with Gasteiger partial charge in [0.25, 0.3) is 0 Å². The van der Waals surface area contributed by atoms with Crippen molar-refractivity contribution in [2.24, 2.45) is 0 Å². The van der Waals surface area contributed by atoms with Crippen LogP contribution in [0.1, 0.15) is 30.2 Å². The molecule has 7 nitrogen and oxygen atoms in total. The molecule has 3 aromatic rings. The van der Waals surface area contributed by atoms with Crippen LogP contribution in [0.2, 0.25) is 5.02 Å². The van der Waals surface area contributed by atoms with Crippen LogP contribution in [-0.2, 0) is 11.3 Å². The molecule has 29 heavy (non-hydrogen) atoms. The Morgan fingerprint density at radius 3 is 3.00 bits per heavy atom. The van der Waals surface area contributed by atoms with Gasteiger partial charge in [-0.2, -0.15) is 5.10 Å². The predicted octanol–water partition coefficient (Wildman–Crippen LogP) is 4.59. The summed E-state index contributed by atoms with van der Waals surface area (Å²) in [5, 5.41) is 12.2. The molecule has 3 heterocycles. The highest BCUT2D eigenvalue weighted by Gasteiger charge is 2.37. The lowest BCUT2D eigenvalue weighted by molar-refractivity contribution is 0.00977. The SMILES string of the molecule is O=C(Nc1ccc(F)c(Cl)c1)N1Cc2c(-c3cscn3)n[nH]c2C(OC2CC2)C1. The fraction of sp³-hybridized carbons (Fsp3) is 0.316. The van der Waals surface area contributed by atoms with Crippen molar-refractivity contribution in [3.05, 3.63) is 51.2 Å². The maximum Gasteiger partial charge on any atom is 0.322 e. The van der Waals surface area contributed by atoms with Gasteiger partial charge in [-0.25, -0.2) is 14.2 Å². The molecular weight excluding hydrogens is 417 g/mol. The van der Waals surface area contributed by atoms with Crippen LogP contribution in [0.15, 0.2) is 29.1 Å². The number of aromatic amines is 1. The Morgan fingerprint density at radius 1 is 1.41 bits per heavy atom. The molecule has 1 aliphatic carbocycles. The average molecular weight is 434 g/mol. The second kappa shape index (κ2) is 7.40. The fourth-order valence-electron chi connectivity index (χ4n) is 3.37. The molecule has 1 aliphatic heterocycles. The molecule has 1 saturated carbocycles. The number of ether oxygens (including phenoxy) is 1. The molecule has 0 radical (unpaired) electrons. The smallest absolute Gasteiger partial charge is 0.322 e. The molecular formula is C19H17ClFN5O2S. The van der Waals surface area contributed by atoms with Crippen LogP contribution >= 0.6 is 22.9 Å². The summed E-state index contributed by atoms with van der Waals surface area (Å²) in [6, 6.07) is 3.78. The first kappa shape index (κ1) is 18.5. The number of rotatable bonds is 4. The van der Waals surface area contributed by atoms with Crippen molar-refractivity contribution >= 4 is 34.7 Å². The minimum Gasteiger partial charge on any atom is -0.367 e. The molecule has 2 N–H and O–H groups in total. The zero-order valence-electron chi connectivity index (χ0n) is 15.2. The minimum absolute atomic E-state index is 0.0423. The zero-order valence-corrected chi connectivity index (χ0v) is 16.8. The number of aromatic nitrogens is 3. The van der Waals surface area contributed by atoms with E-state index in [4.69, 9.17) is 16.3 Å². The molecule has 150 valence electrons. The van der Waals surface area contributed by atoms with Crippen LogP contribution in [0.3, 0.4) is 0 Å². The molecule has 2 aromatic heterocycles. The van der Waals surface area contributed by atoms with Crippen molar-refractivity contribution in [1.82, 2.24) is 20.1 Å². The van der Waals surface area contributed by atoms with E-state index in [-0.39, 0.29) is 23.3 Å². The molecule has 5 rings (SSSR count). The monoisotopic (exact) mass is 433 g/mol. The summed E-state index contributed by atoms with van der Waals surface area (Å²) in [5.74, 6) is -0.531. The molecule has 0 bridgehead atoms. The van der Waals surface area contributed by atoms with Gasteiger partial charge in [-0.05, 0) is 31.0 Å². The standard InChI is InChI=1S/C19H17ClFN5O2S/c20-13-5-10(1-4-14(13)21)23-19(27)26-6-12-17(15-8-29-9-22-15)24-25-18(12)16(7-26)28-11-2-3-11/h1,4-5,8-9,11,16H,2-3,6-7H2,(H,23,27)(H,24,25). The highest BCUT2D eigenvalue weighted by Crippen LogP contribution is 2.38. The number of nitrogens with one attached hydrogen (secondary N) is 2. The van der Waals surface area contributed by atoms with Gasteiger partial charge in [0.05, 0.1) is 35.4 Å². The molecule has 1 fully saturated rings. The van der Waals surface area contributed by atoms with E-state index in [1.165, 1.54) is 29.5 Å². The Labute approximate surface area is 174 Å². The number of halogens is 2. The summed E-state index contributed by atoms with van der Waals surface area (Å²) in [5.41, 5.74) is 5.48. The van der Waals surface area contributed by atoms with Crippen LogP contribution in [0.5, 0.6) is 0 Å². The first-order chi connectivity index (χ1) is 14.1. The summed E-state index contributed by atoms with van der Waals surface area (Å²) < 4.78 is 19.5. The molecule has 1 aromatic carbocycles. The van der Waals surface area contributed by atoms with Crippen molar-refractivity contribution in [2.75, 3.05) is 11.9 Å². The van der Waals surface area contributed by atoms with Crippen LogP contribution in [-0.4, -0.2) is 38.8 Å². The van der Waals surface area contributed by atoms with E-state index in [1.807, 2.05) is 5.38 Å². The first-order valence-corrected chi connectivity index (χ1v) is 10.5. The molecule has 1 atom stereocenters. The van der Waals surface area contributed by atoms with Crippen molar-refractivity contribution in [3.63, 3.8) is 0 Å². The number of nitrogens with zero attached hydrogens (tertiary/aromatic N) is 3. The third-order valence-corrected chi connectivity index (χ3v) is 5.85. The van der Waals surface area contributed by atoms with E-state index >= 15 is 0 Å². The highest BCUT2D eigenvalue weighted by atomic mass is 35.5. The number of urea groups is 1. The van der Waals surface area contributed by atoms with Crippen LogP contribution in [0, 0.1) is 5.82 Å². The van der Waals surface area contributed by atoms with Gasteiger partial charge in [0.15, 0.2) is 0 Å². The minimum atomic E-state index is -0.531. The summed E-state index contributed by atoms with van der Waals surface area (Å²) >= 11 is 7.31. The van der Waals surface area contributed by atoms with Gasteiger partial charge in [0.2, 0.25) is 0 Å². The number of benzene rings is 1. The number of fused-ring (bicyclic) bond motifs is 1. The largest absolute Gasteiger partial charge is 0.367 e. The number of thiazole rings is 1. The average Bonchev–Trinajstić information content (AvgIpc) is 3.18. The maximum absolute atomic E-state index is 13.4. The third-order valence-electron chi connectivity index (χ3n) is 4.97. The van der Waals surface area contributed by atoms with Gasteiger partial charge in [-0.15, -0.1) is 11.3 Å². The Balaban J connectivity index is 1.42. The fourth-order valence-corrected chi connectivity index (χ4v) is 4.09. The number of anilines is 1. The number of hydrogen-bond donors (Lipinski definition) is 2. The van der Waals surface area contributed by atoms with Crippen LogP contribution in [0.25, 0.3) is 11.4 Å². The normalized spacial score (nSPS) is 18.6. The second-order valence-corrected chi connectivity index (χ2v) is 8.23. The number of hydrogen-bond acceptors (Lipinski definition) is 5. The Kier molecular flexibility index (Phi) is 4.73. The lowest BCUT2D eigenvalue weighted by Crippen LogP contribution is -2.41. The van der Waals surface area contributed by atoms with E-state index in [0.717, 1.165) is 35.5 Å². The number of carbonyl (C=O) groups excluding carboxylic acids is 1. The quantitative estimate of drug-likeness (QED) is 0.630. The van der Waals surface area contributed by atoms with E-state index in [2.05, 4.69) is 20.5 Å². The summed E-state index contributed by atoms with van der Waals surface area (Å²) in [7, 11) is 0. The Hall–Kier alpha value is -2.49. The topological polar surface area (TPSA) is 83.1 Å². The van der Waals surface area contributed by atoms with E-state index in [1.54, 1.807) is 10.4 Å². The van der Waals surface area contributed by atoms with Crippen molar-refractivity contribution < 1.29 is 13.9 Å². The predicted molar refractivity (Wildman–Crippen MR) is 107 cm³/mol. The van der Waals surface area contributed by atoms with Crippen LogP contribution in [0.4, 0.5) is 14.9 Å². The summed E-state index contributed by atoms with van der Waals surface area (Å²) in [4.78, 5) is 18.9. The van der Waals surface area contributed by atoms with Crippen LogP contribution < -0.4 is 5.32 Å². The highest BCUT2D eigenvalue weighted by molar-refractivity contribution is 7.07.